The fourth-order valence-electron chi connectivity index (χ4n) is 1.59. The first kappa shape index (κ1) is 17.2. The van der Waals surface area contributed by atoms with Crippen molar-refractivity contribution in [2.45, 2.75) is 45.1 Å². The molecular weight excluding hydrogens is 290 g/mol. The maximum absolute atomic E-state index is 12.1. The Bertz CT molecular complexity index is 458. The molecule has 4 N–H and O–H groups in total. The molecule has 0 spiro atoms. The van der Waals surface area contributed by atoms with Crippen LogP contribution in [0.3, 0.4) is 0 Å². The van der Waals surface area contributed by atoms with E-state index in [0.717, 1.165) is 16.3 Å². The van der Waals surface area contributed by atoms with E-state index in [1.807, 2.05) is 13.2 Å². The molecule has 1 unspecified atom stereocenters. The fraction of sp³-hybridized carbons (Fsp3) is 0.643. The third-order valence-electron chi connectivity index (χ3n) is 3.20. The number of thioether (sulfide) groups is 1. The summed E-state index contributed by atoms with van der Waals surface area (Å²) < 4.78 is 0. The number of nitrogens with one attached hydrogen (secondary N) is 2. The van der Waals surface area contributed by atoms with Crippen molar-refractivity contribution in [1.82, 2.24) is 5.32 Å². The smallest absolute Gasteiger partial charge is 0.263 e. The van der Waals surface area contributed by atoms with Gasteiger partial charge in [0, 0.05) is 12.6 Å². The van der Waals surface area contributed by atoms with E-state index in [9.17, 15) is 4.79 Å². The Kier molecular flexibility index (Phi) is 6.68. The number of thiophene rings is 1. The molecule has 114 valence electrons. The molecule has 0 bridgehead atoms. The maximum atomic E-state index is 12.1. The number of hydrogen-bond acceptors (Lipinski definition) is 5. The Balaban J connectivity index is 2.99. The van der Waals surface area contributed by atoms with E-state index in [4.69, 9.17) is 5.73 Å². The summed E-state index contributed by atoms with van der Waals surface area (Å²) in [5.41, 5.74) is 6.72. The van der Waals surface area contributed by atoms with Gasteiger partial charge in [0.2, 0.25) is 0 Å². The molecule has 6 heteroatoms. The molecule has 1 atom stereocenters. The molecule has 0 radical (unpaired) electrons. The molecule has 1 aromatic rings. The molecule has 0 aliphatic rings. The summed E-state index contributed by atoms with van der Waals surface area (Å²) in [6.07, 6.45) is 2.90. The zero-order valence-corrected chi connectivity index (χ0v) is 14.5. The van der Waals surface area contributed by atoms with Gasteiger partial charge in [-0.25, -0.2) is 0 Å². The van der Waals surface area contributed by atoms with Gasteiger partial charge >= 0.3 is 0 Å². The van der Waals surface area contributed by atoms with Crippen molar-refractivity contribution >= 4 is 39.7 Å². The van der Waals surface area contributed by atoms with Crippen LogP contribution in [-0.2, 0) is 0 Å². The largest absolute Gasteiger partial charge is 0.396 e. The number of anilines is 2. The van der Waals surface area contributed by atoms with Crippen LogP contribution in [0.2, 0.25) is 0 Å². The first-order valence-corrected chi connectivity index (χ1v) is 8.97. The highest BCUT2D eigenvalue weighted by Gasteiger charge is 2.21. The molecule has 0 saturated carbocycles. The van der Waals surface area contributed by atoms with Gasteiger partial charge in [0.25, 0.3) is 5.91 Å². The molecule has 0 saturated heterocycles. The average Bonchev–Trinajstić information content (AvgIpc) is 2.72. The lowest BCUT2D eigenvalue weighted by molar-refractivity contribution is 0.0958. The molecule has 0 fully saturated rings. The van der Waals surface area contributed by atoms with Gasteiger partial charge in [-0.05, 0) is 25.5 Å². The molecule has 0 aliphatic carbocycles. The van der Waals surface area contributed by atoms with Crippen LogP contribution in [0.4, 0.5) is 10.7 Å². The van der Waals surface area contributed by atoms with E-state index >= 15 is 0 Å². The van der Waals surface area contributed by atoms with E-state index in [1.54, 1.807) is 11.8 Å². The number of rotatable bonds is 7. The van der Waals surface area contributed by atoms with Crippen LogP contribution in [-0.4, -0.2) is 24.7 Å². The molecule has 1 rings (SSSR count). The number of hydrogen-bond donors (Lipinski definition) is 3. The van der Waals surface area contributed by atoms with Gasteiger partial charge in [-0.3, -0.25) is 4.79 Å². The van der Waals surface area contributed by atoms with Crippen LogP contribution in [0.25, 0.3) is 0 Å². The summed E-state index contributed by atoms with van der Waals surface area (Å²) in [4.78, 5) is 13.7. The zero-order valence-electron chi connectivity index (χ0n) is 12.9. The van der Waals surface area contributed by atoms with Crippen molar-refractivity contribution in [2.75, 3.05) is 23.9 Å². The lowest BCUT2D eigenvalue weighted by atomic mass is 10.1. The standard InChI is InChI=1S/C14H25N3OS2/c1-6-7-16-13(18)11-10(15)12(19-5)14(20-11)17-9(4)8(2)3/h8-9,17H,6-7,15H2,1-5H3,(H,16,18). The summed E-state index contributed by atoms with van der Waals surface area (Å²) in [7, 11) is 0. The number of carbonyl (C=O) groups excluding carboxylic acids is 1. The highest BCUT2D eigenvalue weighted by atomic mass is 32.2. The highest BCUT2D eigenvalue weighted by molar-refractivity contribution is 7.99. The van der Waals surface area contributed by atoms with Crippen molar-refractivity contribution in [3.05, 3.63) is 4.88 Å². The summed E-state index contributed by atoms with van der Waals surface area (Å²) in [6.45, 7) is 9.19. The van der Waals surface area contributed by atoms with Gasteiger partial charge in [-0.1, -0.05) is 20.8 Å². The quantitative estimate of drug-likeness (QED) is 0.672. The molecule has 0 aliphatic heterocycles. The summed E-state index contributed by atoms with van der Waals surface area (Å²) >= 11 is 3.03. The molecule has 1 amide bonds. The minimum atomic E-state index is -0.0742. The van der Waals surface area contributed by atoms with Crippen LogP contribution in [0.5, 0.6) is 0 Å². The summed E-state index contributed by atoms with van der Waals surface area (Å²) in [5, 5.41) is 7.35. The van der Waals surface area contributed by atoms with Gasteiger partial charge in [-0.15, -0.1) is 23.1 Å². The topological polar surface area (TPSA) is 67.2 Å². The predicted molar refractivity (Wildman–Crippen MR) is 91.1 cm³/mol. The van der Waals surface area contributed by atoms with Gasteiger partial charge in [-0.2, -0.15) is 0 Å². The number of carbonyl (C=O) groups is 1. The van der Waals surface area contributed by atoms with E-state index in [1.165, 1.54) is 11.3 Å². The summed E-state index contributed by atoms with van der Waals surface area (Å²) in [5.74, 6) is 0.445. The first-order valence-electron chi connectivity index (χ1n) is 6.93. The maximum Gasteiger partial charge on any atom is 0.263 e. The van der Waals surface area contributed by atoms with E-state index in [-0.39, 0.29) is 5.91 Å². The van der Waals surface area contributed by atoms with Gasteiger partial charge in [0.05, 0.1) is 10.6 Å². The van der Waals surface area contributed by atoms with E-state index in [2.05, 4.69) is 31.4 Å². The Hall–Kier alpha value is -0.880. The highest BCUT2D eigenvalue weighted by Crippen LogP contribution is 2.42. The van der Waals surface area contributed by atoms with Crippen LogP contribution >= 0.6 is 23.1 Å². The lowest BCUT2D eigenvalue weighted by Gasteiger charge is -2.18. The van der Waals surface area contributed by atoms with Crippen LogP contribution in [0.1, 0.15) is 43.8 Å². The average molecular weight is 316 g/mol. The zero-order chi connectivity index (χ0) is 15.3. The second-order valence-electron chi connectivity index (χ2n) is 5.14. The summed E-state index contributed by atoms with van der Waals surface area (Å²) in [6, 6.07) is 0.338. The van der Waals surface area contributed by atoms with Crippen molar-refractivity contribution in [2.24, 2.45) is 5.92 Å². The molecule has 4 nitrogen and oxygen atoms in total. The third kappa shape index (κ3) is 4.06. The minimum Gasteiger partial charge on any atom is -0.396 e. The second kappa shape index (κ2) is 7.78. The Morgan fingerprint density at radius 3 is 2.55 bits per heavy atom. The number of amides is 1. The van der Waals surface area contributed by atoms with Gasteiger partial charge in [0.15, 0.2) is 0 Å². The van der Waals surface area contributed by atoms with Gasteiger partial charge in [0.1, 0.15) is 9.88 Å². The van der Waals surface area contributed by atoms with E-state index < -0.39 is 0 Å². The normalized spacial score (nSPS) is 12.5. The Morgan fingerprint density at radius 1 is 1.40 bits per heavy atom. The molecule has 1 heterocycles. The van der Waals surface area contributed by atoms with Crippen molar-refractivity contribution < 1.29 is 4.79 Å². The number of nitrogens with two attached hydrogens (primary N) is 1. The van der Waals surface area contributed by atoms with Crippen molar-refractivity contribution in [3.8, 4) is 0 Å². The van der Waals surface area contributed by atoms with Crippen LogP contribution in [0.15, 0.2) is 4.90 Å². The lowest BCUT2D eigenvalue weighted by Crippen LogP contribution is -2.23. The molecule has 0 aromatic carbocycles. The Labute approximate surface area is 129 Å². The first-order chi connectivity index (χ1) is 9.42. The molecular formula is C14H25N3OS2. The second-order valence-corrected chi connectivity index (χ2v) is 6.98. The predicted octanol–water partition coefficient (Wildman–Crippen LogP) is 3.65. The Morgan fingerprint density at radius 2 is 2.05 bits per heavy atom. The van der Waals surface area contributed by atoms with Gasteiger partial charge < -0.3 is 16.4 Å². The van der Waals surface area contributed by atoms with Crippen LogP contribution in [0, 0.1) is 5.92 Å². The minimum absolute atomic E-state index is 0.0742. The molecule has 20 heavy (non-hydrogen) atoms. The fourth-order valence-corrected chi connectivity index (χ4v) is 3.62. The third-order valence-corrected chi connectivity index (χ3v) is 5.30. The molecule has 1 aromatic heterocycles. The SMILES string of the molecule is CCCNC(=O)c1sc(NC(C)C(C)C)c(SC)c1N. The monoisotopic (exact) mass is 315 g/mol. The van der Waals surface area contributed by atoms with Crippen molar-refractivity contribution in [3.63, 3.8) is 0 Å². The number of nitrogen functional groups attached to an aromatic ring is 1. The van der Waals surface area contributed by atoms with Crippen LogP contribution < -0.4 is 16.4 Å². The van der Waals surface area contributed by atoms with E-state index in [0.29, 0.717) is 29.1 Å². The van der Waals surface area contributed by atoms with Crippen molar-refractivity contribution in [1.29, 1.82) is 0 Å².